The number of hydrogen-bond donors (Lipinski definition) is 2. The van der Waals surface area contributed by atoms with Crippen LogP contribution in [0.4, 0.5) is 0 Å². The normalized spacial score (nSPS) is 12.8. The first kappa shape index (κ1) is 12.5. The fraction of sp³-hybridized carbons (Fsp3) is 0.188. The van der Waals surface area contributed by atoms with E-state index < -0.39 is 0 Å². The molecule has 0 atom stereocenters. The molecule has 0 fully saturated rings. The molecule has 2 aromatic rings. The van der Waals surface area contributed by atoms with Crippen LogP contribution in [-0.2, 0) is 6.42 Å². The maximum Gasteiger partial charge on any atom is 0.201 e. The average Bonchev–Trinajstić information content (AvgIpc) is 2.36. The molecule has 102 valence electrons. The maximum absolute atomic E-state index is 12.6. The highest BCUT2D eigenvalue weighted by Crippen LogP contribution is 2.39. The highest BCUT2D eigenvalue weighted by Gasteiger charge is 2.29. The van der Waals surface area contributed by atoms with Gasteiger partial charge in [0, 0.05) is 6.07 Å². The SMILES string of the molecule is COc1cc(O)cc2c1C(=O)c1c(O)cc(C)cc1C2. The van der Waals surface area contributed by atoms with E-state index in [1.165, 1.54) is 13.2 Å². The van der Waals surface area contributed by atoms with Gasteiger partial charge in [-0.1, -0.05) is 6.07 Å². The maximum atomic E-state index is 12.6. The number of aryl methyl sites for hydroxylation is 1. The van der Waals surface area contributed by atoms with Gasteiger partial charge in [0.2, 0.25) is 5.78 Å². The van der Waals surface area contributed by atoms with E-state index >= 15 is 0 Å². The molecule has 0 spiro atoms. The lowest BCUT2D eigenvalue weighted by atomic mass is 9.83. The van der Waals surface area contributed by atoms with Crippen molar-refractivity contribution < 1.29 is 19.7 Å². The molecule has 0 radical (unpaired) electrons. The first-order valence-electron chi connectivity index (χ1n) is 6.28. The molecule has 0 saturated heterocycles. The number of fused-ring (bicyclic) bond motifs is 2. The predicted octanol–water partition coefficient (Wildman–Crippen LogP) is 2.55. The second kappa shape index (κ2) is 4.27. The lowest BCUT2D eigenvalue weighted by Gasteiger charge is -2.22. The van der Waals surface area contributed by atoms with Crippen LogP contribution >= 0.6 is 0 Å². The molecule has 0 aromatic heterocycles. The van der Waals surface area contributed by atoms with E-state index in [0.717, 1.165) is 11.1 Å². The van der Waals surface area contributed by atoms with Crippen LogP contribution in [0.5, 0.6) is 17.2 Å². The van der Waals surface area contributed by atoms with Gasteiger partial charge in [-0.2, -0.15) is 0 Å². The third kappa shape index (κ3) is 1.72. The Hall–Kier alpha value is -2.49. The zero-order valence-corrected chi connectivity index (χ0v) is 11.2. The van der Waals surface area contributed by atoms with Crippen molar-refractivity contribution in [3.05, 3.63) is 52.1 Å². The van der Waals surface area contributed by atoms with Crippen LogP contribution < -0.4 is 4.74 Å². The standard InChI is InChI=1S/C16H14O4/c1-8-3-9-5-10-6-11(17)7-13(20-2)15(10)16(19)14(9)12(18)4-8/h3-4,6-7,17-18H,5H2,1-2H3. The number of ether oxygens (including phenoxy) is 1. The summed E-state index contributed by atoms with van der Waals surface area (Å²) < 4.78 is 5.18. The van der Waals surface area contributed by atoms with E-state index in [1.54, 1.807) is 12.1 Å². The van der Waals surface area contributed by atoms with Crippen LogP contribution in [0.3, 0.4) is 0 Å². The first-order chi connectivity index (χ1) is 9.51. The summed E-state index contributed by atoms with van der Waals surface area (Å²) in [4.78, 5) is 12.6. The number of carbonyl (C=O) groups excluding carboxylic acids is 1. The summed E-state index contributed by atoms with van der Waals surface area (Å²) in [6.07, 6.45) is 0.483. The zero-order valence-electron chi connectivity index (χ0n) is 11.2. The van der Waals surface area contributed by atoms with E-state index in [2.05, 4.69) is 0 Å². The van der Waals surface area contributed by atoms with E-state index in [-0.39, 0.29) is 17.3 Å². The number of hydrogen-bond acceptors (Lipinski definition) is 4. The molecular formula is C16H14O4. The van der Waals surface area contributed by atoms with Gasteiger partial charge in [0.25, 0.3) is 0 Å². The van der Waals surface area contributed by atoms with Crippen LogP contribution in [0.2, 0.25) is 0 Å². The Morgan fingerprint density at radius 1 is 1.05 bits per heavy atom. The summed E-state index contributed by atoms with van der Waals surface area (Å²) in [5, 5.41) is 19.7. The molecule has 0 saturated carbocycles. The molecule has 2 aromatic carbocycles. The number of ketones is 1. The monoisotopic (exact) mass is 270 g/mol. The molecule has 20 heavy (non-hydrogen) atoms. The Bertz CT molecular complexity index is 732. The Morgan fingerprint density at radius 2 is 1.75 bits per heavy atom. The lowest BCUT2D eigenvalue weighted by molar-refractivity contribution is 0.102. The predicted molar refractivity (Wildman–Crippen MR) is 73.7 cm³/mol. The molecular weight excluding hydrogens is 256 g/mol. The minimum atomic E-state index is -0.268. The van der Waals surface area contributed by atoms with Crippen molar-refractivity contribution in [2.45, 2.75) is 13.3 Å². The summed E-state index contributed by atoms with van der Waals surface area (Å²) in [6.45, 7) is 1.86. The Morgan fingerprint density at radius 3 is 2.45 bits per heavy atom. The minimum absolute atomic E-state index is 0.00854. The summed E-state index contributed by atoms with van der Waals surface area (Å²) >= 11 is 0. The van der Waals surface area contributed by atoms with Crippen molar-refractivity contribution in [3.8, 4) is 17.2 Å². The highest BCUT2D eigenvalue weighted by atomic mass is 16.5. The quantitative estimate of drug-likeness (QED) is 0.713. The Kier molecular flexibility index (Phi) is 2.67. The van der Waals surface area contributed by atoms with E-state index in [1.807, 2.05) is 13.0 Å². The number of phenolic OH excluding ortho intramolecular Hbond substituents is 2. The topological polar surface area (TPSA) is 66.8 Å². The zero-order chi connectivity index (χ0) is 14.4. The van der Waals surface area contributed by atoms with Gasteiger partial charge in [-0.05, 0) is 42.2 Å². The van der Waals surface area contributed by atoms with Gasteiger partial charge in [0.05, 0.1) is 18.2 Å². The second-order valence-corrected chi connectivity index (χ2v) is 5.01. The van der Waals surface area contributed by atoms with Gasteiger partial charge < -0.3 is 14.9 Å². The number of methoxy groups -OCH3 is 1. The van der Waals surface area contributed by atoms with Crippen LogP contribution in [0, 0.1) is 6.92 Å². The third-order valence-corrected chi connectivity index (χ3v) is 3.57. The molecule has 4 nitrogen and oxygen atoms in total. The van der Waals surface area contributed by atoms with Crippen molar-refractivity contribution in [2.75, 3.05) is 7.11 Å². The molecule has 0 aliphatic heterocycles. The fourth-order valence-electron chi connectivity index (χ4n) is 2.79. The summed E-state index contributed by atoms with van der Waals surface area (Å²) in [6, 6.07) is 6.44. The summed E-state index contributed by atoms with van der Waals surface area (Å²) in [7, 11) is 1.45. The molecule has 0 amide bonds. The number of rotatable bonds is 1. The number of carbonyl (C=O) groups is 1. The van der Waals surface area contributed by atoms with Crippen molar-refractivity contribution in [1.82, 2.24) is 0 Å². The second-order valence-electron chi connectivity index (χ2n) is 5.01. The van der Waals surface area contributed by atoms with Crippen LogP contribution in [0.15, 0.2) is 24.3 Å². The van der Waals surface area contributed by atoms with Crippen molar-refractivity contribution >= 4 is 5.78 Å². The molecule has 1 aliphatic carbocycles. The van der Waals surface area contributed by atoms with Crippen molar-refractivity contribution in [3.63, 3.8) is 0 Å². The van der Waals surface area contributed by atoms with Crippen LogP contribution in [-0.4, -0.2) is 23.1 Å². The molecule has 0 heterocycles. The summed E-state index contributed by atoms with van der Waals surface area (Å²) in [5.41, 5.74) is 3.12. The number of benzene rings is 2. The van der Waals surface area contributed by atoms with Gasteiger partial charge in [-0.25, -0.2) is 0 Å². The van der Waals surface area contributed by atoms with Gasteiger partial charge in [0.1, 0.15) is 17.2 Å². The van der Waals surface area contributed by atoms with Crippen LogP contribution in [0.1, 0.15) is 32.6 Å². The number of phenols is 2. The summed E-state index contributed by atoms with van der Waals surface area (Å²) in [5.74, 6) is 0.116. The van der Waals surface area contributed by atoms with Crippen molar-refractivity contribution in [2.24, 2.45) is 0 Å². The third-order valence-electron chi connectivity index (χ3n) is 3.57. The highest BCUT2D eigenvalue weighted by molar-refractivity contribution is 6.15. The van der Waals surface area contributed by atoms with E-state index in [9.17, 15) is 15.0 Å². The number of aromatic hydroxyl groups is 2. The van der Waals surface area contributed by atoms with Crippen molar-refractivity contribution in [1.29, 1.82) is 0 Å². The molecule has 2 N–H and O–H groups in total. The average molecular weight is 270 g/mol. The molecule has 0 unspecified atom stereocenters. The Balaban J connectivity index is 2.28. The van der Waals surface area contributed by atoms with Gasteiger partial charge in [0.15, 0.2) is 0 Å². The van der Waals surface area contributed by atoms with E-state index in [4.69, 9.17) is 4.74 Å². The molecule has 3 rings (SSSR count). The van der Waals surface area contributed by atoms with Gasteiger partial charge in [-0.3, -0.25) is 4.79 Å². The fourth-order valence-corrected chi connectivity index (χ4v) is 2.79. The smallest absolute Gasteiger partial charge is 0.201 e. The van der Waals surface area contributed by atoms with Crippen LogP contribution in [0.25, 0.3) is 0 Å². The lowest BCUT2D eigenvalue weighted by Crippen LogP contribution is -2.16. The molecule has 4 heteroatoms. The Labute approximate surface area is 116 Å². The molecule has 1 aliphatic rings. The van der Waals surface area contributed by atoms with E-state index in [0.29, 0.717) is 28.9 Å². The largest absolute Gasteiger partial charge is 0.508 e. The van der Waals surface area contributed by atoms with Gasteiger partial charge in [-0.15, -0.1) is 0 Å². The van der Waals surface area contributed by atoms with Gasteiger partial charge >= 0.3 is 0 Å². The minimum Gasteiger partial charge on any atom is -0.508 e. The first-order valence-corrected chi connectivity index (χ1v) is 6.28. The molecule has 0 bridgehead atoms.